The van der Waals surface area contributed by atoms with Crippen LogP contribution >= 0.6 is 0 Å². The summed E-state index contributed by atoms with van der Waals surface area (Å²) < 4.78 is 4.85. The number of hydrogen-bond acceptors (Lipinski definition) is 2. The third-order valence-electron chi connectivity index (χ3n) is 1.11. The fraction of sp³-hybridized carbons (Fsp3) is 0.714. The highest BCUT2D eigenvalue weighted by atomic mass is 16.5. The fourth-order valence-corrected chi connectivity index (χ4v) is 0.367. The van der Waals surface area contributed by atoms with Gasteiger partial charge in [-0.2, -0.15) is 0 Å². The average Bonchev–Trinajstić information content (AvgIpc) is 1.87. The van der Waals surface area contributed by atoms with E-state index in [0.717, 1.165) is 6.42 Å². The molecule has 0 aliphatic carbocycles. The summed E-state index contributed by atoms with van der Waals surface area (Å²) in [5.41, 5.74) is 0. The third kappa shape index (κ3) is 4.01. The van der Waals surface area contributed by atoms with E-state index in [2.05, 4.69) is 6.92 Å². The van der Waals surface area contributed by atoms with Gasteiger partial charge >= 0.3 is 5.97 Å². The molecule has 0 N–H and O–H groups in total. The first-order valence-corrected chi connectivity index (χ1v) is 3.19. The maximum Gasteiger partial charge on any atom is 0.306 e. The lowest BCUT2D eigenvalue weighted by Gasteiger charge is -2.08. The summed E-state index contributed by atoms with van der Waals surface area (Å²) in [5, 5.41) is 0. The van der Waals surface area contributed by atoms with Crippen molar-refractivity contribution in [2.45, 2.75) is 32.8 Å². The number of esters is 1. The summed E-state index contributed by atoms with van der Waals surface area (Å²) >= 11 is 0. The Hall–Kier alpha value is -0.530. The van der Waals surface area contributed by atoms with Crippen molar-refractivity contribution in [3.05, 3.63) is 6.92 Å². The quantitative estimate of drug-likeness (QED) is 0.540. The molecular weight excluding hydrogens is 116 g/mol. The molecule has 0 fully saturated rings. The summed E-state index contributed by atoms with van der Waals surface area (Å²) in [6.07, 6.45) is 1.13. The Morgan fingerprint density at radius 2 is 2.33 bits per heavy atom. The van der Waals surface area contributed by atoms with Crippen molar-refractivity contribution >= 4 is 5.97 Å². The van der Waals surface area contributed by atoms with Crippen molar-refractivity contribution in [2.75, 3.05) is 0 Å². The van der Waals surface area contributed by atoms with Gasteiger partial charge in [-0.25, -0.2) is 0 Å². The van der Waals surface area contributed by atoms with Crippen molar-refractivity contribution in [2.24, 2.45) is 0 Å². The zero-order chi connectivity index (χ0) is 7.28. The standard InChI is InChI=1S/C7H13O2/c1-4-6(3)9-7(8)5-2/h6H,2,4-5H2,1,3H3. The number of ether oxygens (including phenoxy) is 1. The zero-order valence-corrected chi connectivity index (χ0v) is 6.02. The minimum absolute atomic E-state index is 0.0410. The van der Waals surface area contributed by atoms with Crippen LogP contribution < -0.4 is 0 Å². The normalized spacial score (nSPS) is 12.8. The number of carbonyl (C=O) groups is 1. The molecule has 0 aliphatic rings. The topological polar surface area (TPSA) is 26.3 Å². The summed E-state index contributed by atoms with van der Waals surface area (Å²) in [7, 11) is 0. The molecule has 2 heteroatoms. The Labute approximate surface area is 56.2 Å². The van der Waals surface area contributed by atoms with Gasteiger partial charge in [-0.05, 0) is 20.3 Å². The van der Waals surface area contributed by atoms with Crippen LogP contribution in [0.25, 0.3) is 0 Å². The summed E-state index contributed by atoms with van der Waals surface area (Å²) in [5.74, 6) is -0.218. The van der Waals surface area contributed by atoms with E-state index in [1.54, 1.807) is 0 Å². The highest BCUT2D eigenvalue weighted by molar-refractivity contribution is 5.69. The van der Waals surface area contributed by atoms with Crippen LogP contribution in [0.4, 0.5) is 0 Å². The average molecular weight is 129 g/mol. The van der Waals surface area contributed by atoms with E-state index >= 15 is 0 Å². The van der Waals surface area contributed by atoms with Gasteiger partial charge in [-0.15, -0.1) is 0 Å². The maximum absolute atomic E-state index is 10.5. The number of rotatable bonds is 3. The van der Waals surface area contributed by atoms with E-state index in [4.69, 9.17) is 4.74 Å². The Morgan fingerprint density at radius 1 is 1.78 bits per heavy atom. The van der Waals surface area contributed by atoms with Gasteiger partial charge in [0.1, 0.15) is 0 Å². The molecule has 0 saturated carbocycles. The van der Waals surface area contributed by atoms with E-state index in [-0.39, 0.29) is 18.5 Å². The summed E-state index contributed by atoms with van der Waals surface area (Å²) in [4.78, 5) is 10.5. The lowest BCUT2D eigenvalue weighted by atomic mass is 10.3. The van der Waals surface area contributed by atoms with Gasteiger partial charge in [0.2, 0.25) is 0 Å². The lowest BCUT2D eigenvalue weighted by molar-refractivity contribution is -0.147. The van der Waals surface area contributed by atoms with Crippen molar-refractivity contribution in [3.63, 3.8) is 0 Å². The SMILES string of the molecule is [CH2]CC(=O)OC(C)CC. The largest absolute Gasteiger partial charge is 0.463 e. The van der Waals surface area contributed by atoms with E-state index in [1.807, 2.05) is 13.8 Å². The molecule has 53 valence electrons. The molecule has 0 aromatic heterocycles. The van der Waals surface area contributed by atoms with E-state index in [1.165, 1.54) is 0 Å². The molecule has 0 heterocycles. The van der Waals surface area contributed by atoms with Gasteiger partial charge in [-0.3, -0.25) is 4.79 Å². The Kier molecular flexibility index (Phi) is 4.10. The second-order valence-electron chi connectivity index (χ2n) is 1.96. The maximum atomic E-state index is 10.5. The first-order valence-electron chi connectivity index (χ1n) is 3.19. The van der Waals surface area contributed by atoms with E-state index in [0.29, 0.717) is 0 Å². The molecule has 1 unspecified atom stereocenters. The van der Waals surface area contributed by atoms with Crippen LogP contribution in [0.15, 0.2) is 0 Å². The second-order valence-corrected chi connectivity index (χ2v) is 1.96. The predicted molar refractivity (Wildman–Crippen MR) is 35.8 cm³/mol. The molecule has 0 aromatic rings. The second kappa shape index (κ2) is 4.36. The lowest BCUT2D eigenvalue weighted by Crippen LogP contribution is -2.12. The van der Waals surface area contributed by atoms with Gasteiger partial charge in [0.05, 0.1) is 6.10 Å². The van der Waals surface area contributed by atoms with Gasteiger partial charge < -0.3 is 4.74 Å². The molecule has 9 heavy (non-hydrogen) atoms. The minimum atomic E-state index is -0.218. The molecule has 1 atom stereocenters. The molecule has 2 nitrogen and oxygen atoms in total. The molecule has 0 bridgehead atoms. The van der Waals surface area contributed by atoms with Crippen LogP contribution in [0, 0.1) is 6.92 Å². The molecule has 0 aliphatic heterocycles. The molecule has 0 aromatic carbocycles. The molecular formula is C7H13O2. The predicted octanol–water partition coefficient (Wildman–Crippen LogP) is 1.55. The first kappa shape index (κ1) is 8.47. The van der Waals surface area contributed by atoms with Gasteiger partial charge in [-0.1, -0.05) is 6.92 Å². The minimum Gasteiger partial charge on any atom is -0.463 e. The first-order chi connectivity index (χ1) is 4.20. The van der Waals surface area contributed by atoms with Crippen LogP contribution in [-0.4, -0.2) is 12.1 Å². The van der Waals surface area contributed by atoms with E-state index in [9.17, 15) is 4.79 Å². The van der Waals surface area contributed by atoms with Crippen LogP contribution in [0.5, 0.6) is 0 Å². The molecule has 1 radical (unpaired) electrons. The van der Waals surface area contributed by atoms with Crippen molar-refractivity contribution < 1.29 is 9.53 Å². The molecule has 0 amide bonds. The van der Waals surface area contributed by atoms with Crippen molar-refractivity contribution in [1.29, 1.82) is 0 Å². The number of hydrogen-bond donors (Lipinski definition) is 0. The van der Waals surface area contributed by atoms with Crippen LogP contribution in [-0.2, 0) is 9.53 Å². The van der Waals surface area contributed by atoms with E-state index < -0.39 is 0 Å². The monoisotopic (exact) mass is 129 g/mol. The highest BCUT2D eigenvalue weighted by Crippen LogP contribution is 1.97. The molecule has 0 saturated heterocycles. The van der Waals surface area contributed by atoms with Crippen LogP contribution in [0.2, 0.25) is 0 Å². The third-order valence-corrected chi connectivity index (χ3v) is 1.11. The Bertz CT molecular complexity index is 88.9. The smallest absolute Gasteiger partial charge is 0.306 e. The Morgan fingerprint density at radius 3 is 2.67 bits per heavy atom. The summed E-state index contributed by atoms with van der Waals surface area (Å²) in [6, 6.07) is 0. The number of carbonyl (C=O) groups excluding carboxylic acids is 1. The molecule has 0 spiro atoms. The summed E-state index contributed by atoms with van der Waals surface area (Å²) in [6.45, 7) is 7.24. The molecule has 0 rings (SSSR count). The Balaban J connectivity index is 3.34. The van der Waals surface area contributed by atoms with Crippen LogP contribution in [0.3, 0.4) is 0 Å². The van der Waals surface area contributed by atoms with Gasteiger partial charge in [0, 0.05) is 6.42 Å². The van der Waals surface area contributed by atoms with Crippen molar-refractivity contribution in [1.82, 2.24) is 0 Å². The van der Waals surface area contributed by atoms with Crippen LogP contribution in [0.1, 0.15) is 26.7 Å². The fourth-order valence-electron chi connectivity index (χ4n) is 0.367. The zero-order valence-electron chi connectivity index (χ0n) is 6.02. The van der Waals surface area contributed by atoms with Crippen molar-refractivity contribution in [3.8, 4) is 0 Å². The highest BCUT2D eigenvalue weighted by Gasteiger charge is 2.02. The van der Waals surface area contributed by atoms with Gasteiger partial charge in [0.25, 0.3) is 0 Å². The van der Waals surface area contributed by atoms with Gasteiger partial charge in [0.15, 0.2) is 0 Å².